The van der Waals surface area contributed by atoms with E-state index in [-0.39, 0.29) is 17.2 Å². The molecule has 0 amide bonds. The maximum Gasteiger partial charge on any atom is 0.191 e. The van der Waals surface area contributed by atoms with E-state index >= 15 is 0 Å². The molecule has 2 heterocycles. The molecule has 0 radical (unpaired) electrons. The maximum absolute atomic E-state index is 10.2. The Kier molecular flexibility index (Phi) is 7.28. The largest absolute Gasteiger partial charge is 0.493 e. The highest BCUT2D eigenvalue weighted by Crippen LogP contribution is 2.54. The summed E-state index contributed by atoms with van der Waals surface area (Å²) in [5.41, 5.74) is 6.53. The molecule has 182 valence electrons. The van der Waals surface area contributed by atoms with Crippen molar-refractivity contribution in [1.29, 1.82) is 15.8 Å². The van der Waals surface area contributed by atoms with Crippen molar-refractivity contribution in [2.24, 2.45) is 17.1 Å². The lowest BCUT2D eigenvalue weighted by Gasteiger charge is -2.45. The number of hydrogen-bond acceptors (Lipinski definition) is 9. The van der Waals surface area contributed by atoms with Crippen molar-refractivity contribution < 1.29 is 14.2 Å². The molecule has 0 spiro atoms. The third-order valence-electron chi connectivity index (χ3n) is 7.16. The fourth-order valence-electron chi connectivity index (χ4n) is 5.31. The van der Waals surface area contributed by atoms with E-state index in [9.17, 15) is 15.8 Å². The predicted molar refractivity (Wildman–Crippen MR) is 128 cm³/mol. The Morgan fingerprint density at radius 3 is 2.57 bits per heavy atom. The number of ether oxygens (including phenoxy) is 3. The highest BCUT2D eigenvalue weighted by atomic mass is 16.5. The summed E-state index contributed by atoms with van der Waals surface area (Å²) in [6, 6.07) is 12.0. The summed E-state index contributed by atoms with van der Waals surface area (Å²) in [6.45, 7) is 5.79. The van der Waals surface area contributed by atoms with Gasteiger partial charge in [0, 0.05) is 44.6 Å². The summed E-state index contributed by atoms with van der Waals surface area (Å²) in [5.74, 6) is 0.308. The lowest BCUT2D eigenvalue weighted by Crippen LogP contribution is -2.47. The number of nitrogens with two attached hydrogens (primary N) is 1. The van der Waals surface area contributed by atoms with Crippen LogP contribution >= 0.6 is 0 Å². The Morgan fingerprint density at radius 1 is 1.17 bits per heavy atom. The summed E-state index contributed by atoms with van der Waals surface area (Å²) >= 11 is 0. The maximum atomic E-state index is 10.2. The number of benzene rings is 1. The molecular formula is C26H30N6O3. The summed E-state index contributed by atoms with van der Waals surface area (Å²) in [7, 11) is 3.54. The van der Waals surface area contributed by atoms with Crippen molar-refractivity contribution in [2.75, 3.05) is 66.7 Å². The van der Waals surface area contributed by atoms with E-state index in [0.717, 1.165) is 44.0 Å². The Labute approximate surface area is 206 Å². The lowest BCUT2D eigenvalue weighted by molar-refractivity contribution is 0.0321. The average Bonchev–Trinajstić information content (AvgIpc) is 2.89. The zero-order chi connectivity index (χ0) is 25.0. The van der Waals surface area contributed by atoms with E-state index < -0.39 is 11.3 Å². The lowest BCUT2D eigenvalue weighted by atomic mass is 9.58. The number of nitriles is 3. The van der Waals surface area contributed by atoms with Gasteiger partial charge in [-0.3, -0.25) is 4.90 Å². The molecule has 1 saturated heterocycles. The van der Waals surface area contributed by atoms with Crippen LogP contribution < -0.4 is 15.2 Å². The second kappa shape index (κ2) is 10.4. The van der Waals surface area contributed by atoms with E-state index in [1.807, 2.05) is 31.3 Å². The SMILES string of the molecule is COc1cc([C@@H]2[C@H]3CN(C)CC=C3C(C#N)=C(N)C2(C#N)C#N)ccc1OCCN1CCOCC1. The molecular weight excluding hydrogens is 444 g/mol. The van der Waals surface area contributed by atoms with Crippen LogP contribution in [-0.4, -0.2) is 76.5 Å². The fraction of sp³-hybridized carbons (Fsp3) is 0.500. The minimum atomic E-state index is -1.67. The number of rotatable bonds is 6. The Bertz CT molecular complexity index is 1140. The third kappa shape index (κ3) is 4.45. The van der Waals surface area contributed by atoms with Gasteiger partial charge in [-0.2, -0.15) is 15.8 Å². The normalized spacial score (nSPS) is 24.4. The molecule has 0 bridgehead atoms. The van der Waals surface area contributed by atoms with Gasteiger partial charge in [0.25, 0.3) is 0 Å². The molecule has 0 unspecified atom stereocenters. The van der Waals surface area contributed by atoms with Crippen LogP contribution in [0.1, 0.15) is 11.5 Å². The van der Waals surface area contributed by atoms with E-state index in [0.29, 0.717) is 31.2 Å². The quantitative estimate of drug-likeness (QED) is 0.655. The van der Waals surface area contributed by atoms with Gasteiger partial charge in [0.15, 0.2) is 16.9 Å². The number of nitrogens with zero attached hydrogens (tertiary/aromatic N) is 5. The number of allylic oxidation sites excluding steroid dienone is 2. The first-order valence-electron chi connectivity index (χ1n) is 11.7. The molecule has 4 rings (SSSR count). The molecule has 1 aromatic rings. The first-order valence-corrected chi connectivity index (χ1v) is 11.7. The van der Waals surface area contributed by atoms with Gasteiger partial charge in [-0.25, -0.2) is 0 Å². The van der Waals surface area contributed by atoms with Gasteiger partial charge in [-0.1, -0.05) is 12.1 Å². The van der Waals surface area contributed by atoms with Gasteiger partial charge in [0.05, 0.1) is 43.7 Å². The van der Waals surface area contributed by atoms with E-state index in [1.165, 1.54) is 0 Å². The first kappa shape index (κ1) is 24.6. The summed E-state index contributed by atoms with van der Waals surface area (Å²) in [4.78, 5) is 4.40. The van der Waals surface area contributed by atoms with Crippen LogP contribution in [-0.2, 0) is 4.74 Å². The minimum absolute atomic E-state index is 0.0202. The van der Waals surface area contributed by atoms with E-state index in [1.54, 1.807) is 7.11 Å². The van der Waals surface area contributed by atoms with Crippen molar-refractivity contribution >= 4 is 0 Å². The predicted octanol–water partition coefficient (Wildman–Crippen LogP) is 1.76. The van der Waals surface area contributed by atoms with Crippen molar-refractivity contribution in [3.63, 3.8) is 0 Å². The number of morpholine rings is 1. The minimum Gasteiger partial charge on any atom is -0.493 e. The van der Waals surface area contributed by atoms with Gasteiger partial charge >= 0.3 is 0 Å². The van der Waals surface area contributed by atoms with Gasteiger partial charge < -0.3 is 24.8 Å². The van der Waals surface area contributed by atoms with E-state index in [2.05, 4.69) is 28.0 Å². The molecule has 2 N–H and O–H groups in total. The zero-order valence-electron chi connectivity index (χ0n) is 20.2. The van der Waals surface area contributed by atoms with Crippen LogP contribution in [0.5, 0.6) is 11.5 Å². The molecule has 1 aromatic carbocycles. The van der Waals surface area contributed by atoms with Crippen LogP contribution in [0.3, 0.4) is 0 Å². The number of fused-ring (bicyclic) bond motifs is 1. The zero-order valence-corrected chi connectivity index (χ0v) is 20.2. The highest BCUT2D eigenvalue weighted by molar-refractivity contribution is 5.60. The smallest absolute Gasteiger partial charge is 0.191 e. The molecule has 35 heavy (non-hydrogen) atoms. The monoisotopic (exact) mass is 474 g/mol. The molecule has 9 heteroatoms. The van der Waals surface area contributed by atoms with Crippen LogP contribution in [0.25, 0.3) is 0 Å². The molecule has 2 atom stereocenters. The van der Waals surface area contributed by atoms with Crippen LogP contribution in [0.15, 0.2) is 41.1 Å². The summed E-state index contributed by atoms with van der Waals surface area (Å²) in [5, 5.41) is 30.3. The first-order chi connectivity index (χ1) is 17.0. The molecule has 1 aliphatic carbocycles. The molecule has 0 aromatic heterocycles. The third-order valence-corrected chi connectivity index (χ3v) is 7.16. The van der Waals surface area contributed by atoms with Crippen LogP contribution in [0.2, 0.25) is 0 Å². The number of methoxy groups -OCH3 is 1. The molecule has 1 fully saturated rings. The van der Waals surface area contributed by atoms with Crippen molar-refractivity contribution in [3.05, 3.63) is 46.7 Å². The number of hydrogen-bond donors (Lipinski definition) is 1. The van der Waals surface area contributed by atoms with Crippen LogP contribution in [0.4, 0.5) is 0 Å². The van der Waals surface area contributed by atoms with Gasteiger partial charge in [-0.05, 0) is 30.3 Å². The molecule has 0 saturated carbocycles. The topological polar surface area (TPSA) is 132 Å². The molecule has 2 aliphatic heterocycles. The fourth-order valence-corrected chi connectivity index (χ4v) is 5.31. The van der Waals surface area contributed by atoms with Crippen molar-refractivity contribution in [3.8, 4) is 29.7 Å². The molecule has 9 nitrogen and oxygen atoms in total. The summed E-state index contributed by atoms with van der Waals surface area (Å²) < 4.78 is 17.0. The Balaban J connectivity index is 1.69. The second-order valence-corrected chi connectivity index (χ2v) is 9.11. The van der Waals surface area contributed by atoms with E-state index in [4.69, 9.17) is 19.9 Å². The van der Waals surface area contributed by atoms with Crippen molar-refractivity contribution in [2.45, 2.75) is 5.92 Å². The van der Waals surface area contributed by atoms with Gasteiger partial charge in [-0.15, -0.1) is 0 Å². The van der Waals surface area contributed by atoms with Gasteiger partial charge in [0.1, 0.15) is 12.7 Å². The van der Waals surface area contributed by atoms with Crippen molar-refractivity contribution in [1.82, 2.24) is 9.80 Å². The highest BCUT2D eigenvalue weighted by Gasteiger charge is 2.54. The molecule has 3 aliphatic rings. The standard InChI is InChI=1S/C26H30N6O3/c1-31-6-5-19-20(14-27)25(30)26(16-28,17-29)24(21(19)15-31)18-3-4-22(23(13-18)33-2)35-12-9-32-7-10-34-11-8-32/h3-5,13,21,24H,6-12,15,30H2,1-2H3/t21-,24+/m0/s1. The average molecular weight is 475 g/mol. The Hall–Kier alpha value is -3.55. The van der Waals surface area contributed by atoms with Crippen LogP contribution in [0, 0.1) is 45.3 Å². The number of likely N-dealkylation sites (N-methyl/N-ethyl adjacent to an activating group) is 1. The Morgan fingerprint density at radius 2 is 1.91 bits per heavy atom. The second-order valence-electron chi connectivity index (χ2n) is 9.11. The van der Waals surface area contributed by atoms with Gasteiger partial charge in [0.2, 0.25) is 0 Å². The summed E-state index contributed by atoms with van der Waals surface area (Å²) in [6.07, 6.45) is 1.98.